The zero-order valence-corrected chi connectivity index (χ0v) is 45.3. The lowest BCUT2D eigenvalue weighted by Crippen LogP contribution is -2.62. The van der Waals surface area contributed by atoms with Gasteiger partial charge in [0.2, 0.25) is 0 Å². The molecule has 0 amide bonds. The molecule has 0 spiro atoms. The molecular formula is C67H73BN2O. The smallest absolute Gasteiger partial charge is 0.252 e. The highest BCUT2D eigenvalue weighted by Gasteiger charge is 2.48. The van der Waals surface area contributed by atoms with Gasteiger partial charge < -0.3 is 14.2 Å². The van der Waals surface area contributed by atoms with Crippen LogP contribution in [0.3, 0.4) is 0 Å². The van der Waals surface area contributed by atoms with Crippen molar-refractivity contribution >= 4 is 79.2 Å². The molecule has 360 valence electrons. The van der Waals surface area contributed by atoms with Crippen molar-refractivity contribution in [2.75, 3.05) is 9.80 Å². The molecule has 0 radical (unpaired) electrons. The van der Waals surface area contributed by atoms with Gasteiger partial charge in [0.25, 0.3) is 6.71 Å². The fourth-order valence-corrected chi connectivity index (χ4v) is 13.2. The Hall–Kier alpha value is -6.00. The van der Waals surface area contributed by atoms with Crippen LogP contribution in [0.2, 0.25) is 0 Å². The molecule has 8 aromatic rings. The number of benzene rings is 7. The Morgan fingerprint density at radius 3 is 1.63 bits per heavy atom. The fraction of sp³-hybridized carbons (Fsp3) is 0.373. The predicted octanol–water partition coefficient (Wildman–Crippen LogP) is 16.9. The quantitative estimate of drug-likeness (QED) is 0.165. The van der Waals surface area contributed by atoms with E-state index in [1.807, 2.05) is 0 Å². The lowest BCUT2D eigenvalue weighted by atomic mass is 9.33. The number of furan rings is 1. The summed E-state index contributed by atoms with van der Waals surface area (Å²) in [5.41, 5.74) is 25.8. The first kappa shape index (κ1) is 46.1. The Morgan fingerprint density at radius 1 is 0.451 bits per heavy atom. The molecule has 0 saturated heterocycles. The minimum Gasteiger partial charge on any atom is -0.456 e. The Balaban J connectivity index is 1.23. The van der Waals surface area contributed by atoms with Crippen LogP contribution < -0.4 is 26.2 Å². The first-order valence-corrected chi connectivity index (χ1v) is 26.6. The van der Waals surface area contributed by atoms with Crippen molar-refractivity contribution in [3.8, 4) is 11.1 Å². The average Bonchev–Trinajstić information content (AvgIpc) is 3.67. The van der Waals surface area contributed by atoms with Gasteiger partial charge in [-0.05, 0) is 181 Å². The van der Waals surface area contributed by atoms with Gasteiger partial charge >= 0.3 is 0 Å². The predicted molar refractivity (Wildman–Crippen MR) is 306 cm³/mol. The Labute approximate surface area is 424 Å². The van der Waals surface area contributed by atoms with Gasteiger partial charge in [0, 0.05) is 50.8 Å². The van der Waals surface area contributed by atoms with Crippen LogP contribution in [0.25, 0.3) is 33.1 Å². The van der Waals surface area contributed by atoms with Crippen LogP contribution in [0.15, 0.2) is 126 Å². The molecule has 0 N–H and O–H groups in total. The Morgan fingerprint density at radius 2 is 0.986 bits per heavy atom. The van der Waals surface area contributed by atoms with Gasteiger partial charge in [-0.1, -0.05) is 158 Å². The largest absolute Gasteiger partial charge is 0.456 e. The Bertz CT molecular complexity index is 3530. The lowest BCUT2D eigenvalue weighted by Gasteiger charge is -2.48. The van der Waals surface area contributed by atoms with Gasteiger partial charge in [-0.25, -0.2) is 0 Å². The van der Waals surface area contributed by atoms with E-state index in [4.69, 9.17) is 4.42 Å². The molecular weight excluding hydrogens is 860 g/mol. The van der Waals surface area contributed by atoms with Crippen LogP contribution in [-0.4, -0.2) is 6.71 Å². The highest BCUT2D eigenvalue weighted by molar-refractivity contribution is 7.00. The van der Waals surface area contributed by atoms with Crippen LogP contribution in [0.4, 0.5) is 34.1 Å². The number of nitrogens with zero attached hydrogens (tertiary/aromatic N) is 2. The second-order valence-corrected chi connectivity index (χ2v) is 26.9. The molecule has 0 fully saturated rings. The molecule has 3 heterocycles. The second-order valence-electron chi connectivity index (χ2n) is 26.9. The maximum atomic E-state index is 6.98. The lowest BCUT2D eigenvalue weighted by molar-refractivity contribution is 0.332. The van der Waals surface area contributed by atoms with Crippen molar-refractivity contribution in [1.29, 1.82) is 0 Å². The van der Waals surface area contributed by atoms with E-state index in [9.17, 15) is 0 Å². The first-order valence-electron chi connectivity index (χ1n) is 26.6. The number of fused-ring (bicyclic) bond motifs is 9. The molecule has 0 unspecified atom stereocenters. The summed E-state index contributed by atoms with van der Waals surface area (Å²) < 4.78 is 6.98. The standard InChI is InChI=1S/C67H73BN2O/c1-40-31-57-61-58(32-40)70(54-25-21-42(62(2,3)4)33-45(54)41-19-17-16-18-20-41)56-39-60-47(46-34-43(63(5,6)7)22-26-59(46)71-60)36-52(56)68(61)53-37-50-51(67(14,15)30-29-66(50,12)13)38-55(53)69(57)44-23-24-48-49(35-44)65(10,11)28-27-64(48,8)9/h16-26,31-39H,27-30H2,1-15H3. The maximum absolute atomic E-state index is 6.98. The average molecular weight is 933 g/mol. The maximum Gasteiger partial charge on any atom is 0.252 e. The fourth-order valence-electron chi connectivity index (χ4n) is 13.2. The molecule has 0 saturated carbocycles. The van der Waals surface area contributed by atoms with Gasteiger partial charge in [0.15, 0.2) is 0 Å². The van der Waals surface area contributed by atoms with Crippen LogP contribution in [0.5, 0.6) is 0 Å². The number of aryl methyl sites for hydroxylation is 1. The number of rotatable bonds is 3. The third kappa shape index (κ3) is 7.04. The van der Waals surface area contributed by atoms with Crippen molar-refractivity contribution in [1.82, 2.24) is 0 Å². The van der Waals surface area contributed by atoms with E-state index in [1.165, 1.54) is 124 Å². The highest BCUT2D eigenvalue weighted by Crippen LogP contribution is 2.54. The number of anilines is 6. The van der Waals surface area contributed by atoms with Gasteiger partial charge in [-0.2, -0.15) is 0 Å². The van der Waals surface area contributed by atoms with E-state index in [1.54, 1.807) is 0 Å². The highest BCUT2D eigenvalue weighted by atomic mass is 16.3. The van der Waals surface area contributed by atoms with E-state index < -0.39 is 0 Å². The summed E-state index contributed by atoms with van der Waals surface area (Å²) in [6.45, 7) is 35.9. The van der Waals surface area contributed by atoms with Gasteiger partial charge in [-0.15, -0.1) is 0 Å². The zero-order valence-electron chi connectivity index (χ0n) is 45.3. The molecule has 12 rings (SSSR count). The monoisotopic (exact) mass is 933 g/mol. The first-order chi connectivity index (χ1) is 33.3. The summed E-state index contributed by atoms with van der Waals surface area (Å²) in [5.74, 6) is 0. The van der Waals surface area contributed by atoms with E-state index in [0.717, 1.165) is 24.0 Å². The van der Waals surface area contributed by atoms with Gasteiger partial charge in [0.05, 0.1) is 5.69 Å². The van der Waals surface area contributed by atoms with E-state index >= 15 is 0 Å². The van der Waals surface area contributed by atoms with Crippen molar-refractivity contribution in [2.45, 2.75) is 162 Å². The van der Waals surface area contributed by atoms with Crippen LogP contribution in [0.1, 0.15) is 162 Å². The molecule has 0 atom stereocenters. The van der Waals surface area contributed by atoms with Crippen LogP contribution >= 0.6 is 0 Å². The molecule has 2 aliphatic carbocycles. The molecule has 3 nitrogen and oxygen atoms in total. The van der Waals surface area contributed by atoms with E-state index in [2.05, 4.69) is 235 Å². The van der Waals surface area contributed by atoms with E-state index in [-0.39, 0.29) is 39.2 Å². The third-order valence-corrected chi connectivity index (χ3v) is 17.9. The third-order valence-electron chi connectivity index (χ3n) is 17.9. The normalized spacial score (nSPS) is 18.2. The van der Waals surface area contributed by atoms with Crippen molar-refractivity contribution in [3.05, 3.63) is 160 Å². The molecule has 2 aliphatic heterocycles. The molecule has 7 aromatic carbocycles. The molecule has 4 aliphatic rings. The summed E-state index contributed by atoms with van der Waals surface area (Å²) >= 11 is 0. The number of hydrogen-bond donors (Lipinski definition) is 0. The molecule has 4 heteroatoms. The zero-order chi connectivity index (χ0) is 50.1. The molecule has 1 aromatic heterocycles. The Kier molecular flexibility index (Phi) is 9.76. The van der Waals surface area contributed by atoms with Gasteiger partial charge in [0.1, 0.15) is 11.2 Å². The summed E-state index contributed by atoms with van der Waals surface area (Å²) in [6, 6.07) is 47.9. The summed E-state index contributed by atoms with van der Waals surface area (Å²) in [7, 11) is 0. The summed E-state index contributed by atoms with van der Waals surface area (Å²) in [6.07, 6.45) is 4.68. The minimum absolute atomic E-state index is 0.00532. The molecule has 0 bridgehead atoms. The topological polar surface area (TPSA) is 19.6 Å². The minimum atomic E-state index is -0.0357. The van der Waals surface area contributed by atoms with Crippen molar-refractivity contribution in [3.63, 3.8) is 0 Å². The molecule has 71 heavy (non-hydrogen) atoms. The number of hydrogen-bond acceptors (Lipinski definition) is 3. The van der Waals surface area contributed by atoms with Crippen LogP contribution in [0, 0.1) is 6.92 Å². The van der Waals surface area contributed by atoms with E-state index in [0.29, 0.717) is 0 Å². The summed E-state index contributed by atoms with van der Waals surface area (Å²) in [5, 5.41) is 2.36. The van der Waals surface area contributed by atoms with Crippen LogP contribution in [-0.2, 0) is 32.5 Å². The summed E-state index contributed by atoms with van der Waals surface area (Å²) in [4.78, 5) is 5.31. The second kappa shape index (κ2) is 15.0. The van der Waals surface area contributed by atoms with Gasteiger partial charge in [-0.3, -0.25) is 0 Å². The van der Waals surface area contributed by atoms with Crippen molar-refractivity contribution in [2.24, 2.45) is 0 Å². The van der Waals surface area contributed by atoms with Crippen molar-refractivity contribution < 1.29 is 4.42 Å². The SMILES string of the molecule is Cc1cc2c3c(c1)N(c1ccc(C(C)(C)C)cc1-c1ccccc1)c1cc4oc5ccc(C(C)(C)C)cc5c4cc1B3c1cc3c(cc1N2c1ccc2c(c1)C(C)(C)CCC2(C)C)C(C)(C)CCC3(C)C.